The van der Waals surface area contributed by atoms with Gasteiger partial charge < -0.3 is 5.11 Å². The molecule has 7 rings (SSSR count). The molecular weight excluding hydrogens is 578 g/mol. The van der Waals surface area contributed by atoms with Crippen molar-refractivity contribution in [3.63, 3.8) is 0 Å². The van der Waals surface area contributed by atoms with E-state index in [1.807, 2.05) is 12.1 Å². The van der Waals surface area contributed by atoms with Gasteiger partial charge in [-0.2, -0.15) is 0 Å². The first-order valence-corrected chi connectivity index (χ1v) is 14.8. The number of hydrogen-bond donors (Lipinski definition) is 1. The second-order valence-corrected chi connectivity index (χ2v) is 12.1. The summed E-state index contributed by atoms with van der Waals surface area (Å²) in [5, 5.41) is 10.2. The van der Waals surface area contributed by atoms with Crippen LogP contribution in [0, 0.1) is 17.8 Å². The molecule has 1 fully saturated rings. The zero-order valence-electron chi connectivity index (χ0n) is 23.6. The van der Waals surface area contributed by atoms with Crippen LogP contribution >= 0.6 is 11.6 Å². The number of nitrogens with zero attached hydrogens (tertiary/aromatic N) is 1. The van der Waals surface area contributed by atoms with E-state index in [1.54, 1.807) is 61.5 Å². The molecule has 4 unspecified atom stereocenters. The fourth-order valence-electron chi connectivity index (χ4n) is 7.26. The minimum absolute atomic E-state index is 0.0384. The molecule has 0 bridgehead atoms. The number of ketones is 3. The Hall–Kier alpha value is -4.88. The van der Waals surface area contributed by atoms with Crippen LogP contribution in [0.5, 0.6) is 5.75 Å². The van der Waals surface area contributed by atoms with E-state index in [9.17, 15) is 29.1 Å². The van der Waals surface area contributed by atoms with Gasteiger partial charge in [-0.25, -0.2) is 0 Å². The van der Waals surface area contributed by atoms with Gasteiger partial charge in [0.25, 0.3) is 0 Å². The van der Waals surface area contributed by atoms with Crippen molar-refractivity contribution in [3.8, 4) is 5.75 Å². The molecule has 3 aromatic rings. The van der Waals surface area contributed by atoms with E-state index < -0.39 is 23.7 Å². The first-order chi connectivity index (χ1) is 21.2. The van der Waals surface area contributed by atoms with Crippen molar-refractivity contribution in [1.82, 2.24) is 0 Å². The van der Waals surface area contributed by atoms with Crippen LogP contribution in [0.2, 0.25) is 5.02 Å². The molecule has 1 aliphatic heterocycles. The largest absolute Gasteiger partial charge is 0.508 e. The SMILES string of the molecule is CC1=CC(=O)C2=C(CC3C(=CCC4C(=O)N(c5ccc(C(=O)c6ccccc6)cc5)C(=O)C43)C2c2ccc(O)cc2Cl)C1=O. The number of halogens is 1. The smallest absolute Gasteiger partial charge is 0.238 e. The van der Waals surface area contributed by atoms with E-state index in [0.717, 1.165) is 5.57 Å². The van der Waals surface area contributed by atoms with Crippen LogP contribution in [-0.2, 0) is 19.2 Å². The predicted molar refractivity (Wildman–Crippen MR) is 163 cm³/mol. The first kappa shape index (κ1) is 27.9. The quantitative estimate of drug-likeness (QED) is 0.172. The van der Waals surface area contributed by atoms with Crippen molar-refractivity contribution in [3.05, 3.63) is 129 Å². The minimum Gasteiger partial charge on any atom is -0.508 e. The lowest BCUT2D eigenvalue weighted by molar-refractivity contribution is -0.123. The van der Waals surface area contributed by atoms with E-state index in [2.05, 4.69) is 0 Å². The van der Waals surface area contributed by atoms with E-state index >= 15 is 0 Å². The summed E-state index contributed by atoms with van der Waals surface area (Å²) < 4.78 is 0. The molecule has 2 amide bonds. The number of hydrogen-bond acceptors (Lipinski definition) is 6. The molecule has 44 heavy (non-hydrogen) atoms. The highest BCUT2D eigenvalue weighted by Gasteiger charge is 2.56. The van der Waals surface area contributed by atoms with Crippen molar-refractivity contribution in [1.29, 1.82) is 0 Å². The lowest BCUT2D eigenvalue weighted by Crippen LogP contribution is -2.39. The second-order valence-electron chi connectivity index (χ2n) is 11.7. The second kappa shape index (κ2) is 10.4. The van der Waals surface area contributed by atoms with Crippen LogP contribution in [0.1, 0.15) is 47.2 Å². The number of anilines is 1. The number of amides is 2. The molecule has 1 saturated heterocycles. The molecular formula is C36H26ClNO6. The van der Waals surface area contributed by atoms with Crippen molar-refractivity contribution >= 4 is 46.5 Å². The van der Waals surface area contributed by atoms with Gasteiger partial charge in [0.05, 0.1) is 17.5 Å². The summed E-state index contributed by atoms with van der Waals surface area (Å²) in [5.74, 6) is -4.03. The Morgan fingerprint density at radius 2 is 1.59 bits per heavy atom. The summed E-state index contributed by atoms with van der Waals surface area (Å²) in [5.41, 5.74) is 3.67. The molecule has 4 atom stereocenters. The summed E-state index contributed by atoms with van der Waals surface area (Å²) in [6, 6.07) is 19.8. The van der Waals surface area contributed by atoms with Gasteiger partial charge in [0.2, 0.25) is 11.8 Å². The topological polar surface area (TPSA) is 109 Å². The van der Waals surface area contributed by atoms with E-state index in [0.29, 0.717) is 39.1 Å². The summed E-state index contributed by atoms with van der Waals surface area (Å²) in [4.78, 5) is 68.9. The normalized spacial score (nSPS) is 24.5. The van der Waals surface area contributed by atoms with E-state index in [-0.39, 0.29) is 52.8 Å². The number of imide groups is 1. The van der Waals surface area contributed by atoms with Crippen molar-refractivity contribution in [2.24, 2.45) is 17.8 Å². The van der Waals surface area contributed by atoms with E-state index in [4.69, 9.17) is 11.6 Å². The molecule has 7 nitrogen and oxygen atoms in total. The van der Waals surface area contributed by atoms with Gasteiger partial charge in [0.15, 0.2) is 17.3 Å². The van der Waals surface area contributed by atoms with Crippen LogP contribution in [0.25, 0.3) is 0 Å². The van der Waals surface area contributed by atoms with Crippen molar-refractivity contribution in [2.75, 3.05) is 4.90 Å². The lowest BCUT2D eigenvalue weighted by atomic mass is 9.59. The van der Waals surface area contributed by atoms with Gasteiger partial charge >= 0.3 is 0 Å². The third-order valence-corrected chi connectivity index (χ3v) is 9.61. The van der Waals surface area contributed by atoms with E-state index in [1.165, 1.54) is 23.1 Å². The molecule has 0 saturated carbocycles. The number of phenolic OH excluding ortho intramolecular Hbond substituents is 1. The summed E-state index contributed by atoms with van der Waals surface area (Å²) in [7, 11) is 0. The number of benzene rings is 3. The van der Waals surface area contributed by atoms with Gasteiger partial charge in [-0.1, -0.05) is 59.6 Å². The van der Waals surface area contributed by atoms with Gasteiger partial charge in [0.1, 0.15) is 5.75 Å². The molecule has 3 aromatic carbocycles. The number of Topliss-reactive ketones (excluding diaryl/α,β-unsaturated/α-hetero) is 1. The summed E-state index contributed by atoms with van der Waals surface area (Å²) in [6.07, 6.45) is 3.70. The molecule has 1 heterocycles. The maximum Gasteiger partial charge on any atom is 0.238 e. The summed E-state index contributed by atoms with van der Waals surface area (Å²) in [6.45, 7) is 1.60. The Morgan fingerprint density at radius 1 is 0.886 bits per heavy atom. The van der Waals surface area contributed by atoms with Gasteiger partial charge in [-0.3, -0.25) is 28.9 Å². The first-order valence-electron chi connectivity index (χ1n) is 14.4. The molecule has 8 heteroatoms. The molecule has 3 aliphatic carbocycles. The Kier molecular flexibility index (Phi) is 6.59. The molecule has 0 spiro atoms. The Bertz CT molecular complexity index is 1900. The highest BCUT2D eigenvalue weighted by molar-refractivity contribution is 6.32. The average Bonchev–Trinajstić information content (AvgIpc) is 3.28. The Labute approximate surface area is 258 Å². The standard InChI is InChI=1S/C36H26ClNO6/c1-18-15-29(40)32-27(33(18)41)17-26-23(30(32)24-12-11-22(39)16-28(24)37)13-14-25-31(26)36(44)38(35(25)43)21-9-7-20(8-10-21)34(42)19-5-3-2-4-6-19/h2-13,15-16,25-26,30-31,39H,14,17H2,1H3. The van der Waals surface area contributed by atoms with Crippen LogP contribution in [0.15, 0.2) is 107 Å². The maximum atomic E-state index is 14.1. The highest BCUT2D eigenvalue weighted by atomic mass is 35.5. The zero-order valence-corrected chi connectivity index (χ0v) is 24.4. The molecule has 1 N–H and O–H groups in total. The minimum atomic E-state index is -0.741. The van der Waals surface area contributed by atoms with Gasteiger partial charge in [0, 0.05) is 38.8 Å². The monoisotopic (exact) mass is 603 g/mol. The predicted octanol–water partition coefficient (Wildman–Crippen LogP) is 5.91. The Morgan fingerprint density at radius 3 is 2.30 bits per heavy atom. The fourth-order valence-corrected chi connectivity index (χ4v) is 7.54. The van der Waals surface area contributed by atoms with Crippen LogP contribution in [-0.4, -0.2) is 34.3 Å². The number of rotatable bonds is 4. The molecule has 0 radical (unpaired) electrons. The number of allylic oxidation sites excluding steroid dienone is 6. The third kappa shape index (κ3) is 4.22. The molecule has 4 aliphatic rings. The number of phenols is 1. The third-order valence-electron chi connectivity index (χ3n) is 9.28. The number of fused-ring (bicyclic) bond motifs is 3. The summed E-state index contributed by atoms with van der Waals surface area (Å²) >= 11 is 6.60. The number of aromatic hydroxyl groups is 1. The molecule has 0 aromatic heterocycles. The zero-order chi connectivity index (χ0) is 30.9. The van der Waals surface area contributed by atoms with Gasteiger partial charge in [-0.15, -0.1) is 0 Å². The van der Waals surface area contributed by atoms with Crippen LogP contribution < -0.4 is 4.90 Å². The number of carbonyl (C=O) groups excluding carboxylic acids is 5. The van der Waals surface area contributed by atoms with Gasteiger partial charge in [-0.05, 0) is 73.7 Å². The van der Waals surface area contributed by atoms with Crippen molar-refractivity contribution in [2.45, 2.75) is 25.7 Å². The highest BCUT2D eigenvalue weighted by Crippen LogP contribution is 2.56. The van der Waals surface area contributed by atoms with Crippen LogP contribution in [0.3, 0.4) is 0 Å². The Balaban J connectivity index is 1.26. The molecule has 218 valence electrons. The average molecular weight is 604 g/mol. The maximum absolute atomic E-state index is 14.1. The van der Waals surface area contributed by atoms with Crippen molar-refractivity contribution < 1.29 is 29.1 Å². The lowest BCUT2D eigenvalue weighted by Gasteiger charge is -2.42. The number of carbonyl (C=O) groups is 5. The fraction of sp³-hybridized carbons (Fsp3) is 0.194. The van der Waals surface area contributed by atoms with Crippen LogP contribution in [0.4, 0.5) is 5.69 Å².